The van der Waals surface area contributed by atoms with E-state index in [9.17, 15) is 8.42 Å². The van der Waals surface area contributed by atoms with Crippen LogP contribution in [0.25, 0.3) is 0 Å². The maximum Gasteiger partial charge on any atom is 0.245 e. The van der Waals surface area contributed by atoms with Gasteiger partial charge in [-0.1, -0.05) is 11.6 Å². The summed E-state index contributed by atoms with van der Waals surface area (Å²) in [5, 5.41) is 0.402. The molecule has 0 amide bonds. The second-order valence-corrected chi connectivity index (χ2v) is 6.41. The van der Waals surface area contributed by atoms with Crippen LogP contribution in [0, 0.1) is 0 Å². The lowest BCUT2D eigenvalue weighted by atomic mass is 10.3. The monoisotopic (exact) mass is 292 g/mol. The fourth-order valence-corrected chi connectivity index (χ4v) is 3.11. The minimum absolute atomic E-state index is 0.0531. The summed E-state index contributed by atoms with van der Waals surface area (Å²) in [6, 6.07) is 4.04. The number of nitrogen functional groups attached to an aromatic ring is 1. The molecule has 0 spiro atoms. The molecule has 1 aromatic rings. The van der Waals surface area contributed by atoms with Crippen LogP contribution in [-0.4, -0.2) is 39.5 Å². The molecule has 5 nitrogen and oxygen atoms in total. The van der Waals surface area contributed by atoms with Gasteiger partial charge in [-0.2, -0.15) is 4.31 Å². The van der Waals surface area contributed by atoms with Crippen molar-refractivity contribution in [2.75, 3.05) is 26.5 Å². The maximum atomic E-state index is 12.3. The molecular formula is C11H17ClN2O3S. The van der Waals surface area contributed by atoms with E-state index >= 15 is 0 Å². The molecule has 0 aliphatic carbocycles. The second kappa shape index (κ2) is 5.88. The first-order valence-corrected chi connectivity index (χ1v) is 7.14. The second-order valence-electron chi connectivity index (χ2n) is 4.01. The number of methoxy groups -OCH3 is 1. The number of hydrogen-bond acceptors (Lipinski definition) is 4. The molecule has 1 atom stereocenters. The molecule has 0 saturated heterocycles. The first-order chi connectivity index (χ1) is 8.30. The summed E-state index contributed by atoms with van der Waals surface area (Å²) in [6.45, 7) is 2.07. The molecule has 18 heavy (non-hydrogen) atoms. The van der Waals surface area contributed by atoms with Gasteiger partial charge in [-0.05, 0) is 25.1 Å². The molecular weight excluding hydrogens is 276 g/mol. The van der Waals surface area contributed by atoms with Crippen LogP contribution in [0.3, 0.4) is 0 Å². The van der Waals surface area contributed by atoms with E-state index in [1.165, 1.54) is 36.7 Å². The zero-order valence-corrected chi connectivity index (χ0v) is 12.1. The van der Waals surface area contributed by atoms with Crippen LogP contribution >= 0.6 is 11.6 Å². The molecule has 7 heteroatoms. The van der Waals surface area contributed by atoms with Crippen molar-refractivity contribution in [2.45, 2.75) is 17.9 Å². The zero-order chi connectivity index (χ0) is 13.9. The standard InChI is InChI=1S/C11H17ClN2O3S/c1-8(7-17-3)14(2)18(15,16)11-5-4-9(12)6-10(11)13/h4-6,8H,7,13H2,1-3H3. The summed E-state index contributed by atoms with van der Waals surface area (Å²) in [5.74, 6) is 0. The molecule has 0 fully saturated rings. The number of anilines is 1. The van der Waals surface area contributed by atoms with Crippen LogP contribution in [0.5, 0.6) is 0 Å². The lowest BCUT2D eigenvalue weighted by Gasteiger charge is -2.24. The van der Waals surface area contributed by atoms with Crippen LogP contribution in [0.2, 0.25) is 5.02 Å². The van der Waals surface area contributed by atoms with Gasteiger partial charge in [0.1, 0.15) is 4.90 Å². The fourth-order valence-electron chi connectivity index (χ4n) is 1.49. The topological polar surface area (TPSA) is 72.6 Å². The van der Waals surface area contributed by atoms with E-state index in [1.54, 1.807) is 6.92 Å². The van der Waals surface area contributed by atoms with Gasteiger partial charge in [0.2, 0.25) is 10.0 Å². The Labute approximate surface area is 113 Å². The van der Waals surface area contributed by atoms with Crippen molar-refractivity contribution in [3.05, 3.63) is 23.2 Å². The van der Waals surface area contributed by atoms with Gasteiger partial charge in [0.05, 0.1) is 12.3 Å². The van der Waals surface area contributed by atoms with Crippen molar-refractivity contribution < 1.29 is 13.2 Å². The van der Waals surface area contributed by atoms with Gasteiger partial charge in [0.25, 0.3) is 0 Å². The number of ether oxygens (including phenoxy) is 1. The van der Waals surface area contributed by atoms with Crippen molar-refractivity contribution in [3.8, 4) is 0 Å². The summed E-state index contributed by atoms with van der Waals surface area (Å²) in [6.07, 6.45) is 0. The summed E-state index contributed by atoms with van der Waals surface area (Å²) in [4.78, 5) is 0.0531. The fraction of sp³-hybridized carbons (Fsp3) is 0.455. The van der Waals surface area contributed by atoms with E-state index in [0.717, 1.165) is 0 Å². The Morgan fingerprint density at radius 3 is 2.61 bits per heavy atom. The minimum Gasteiger partial charge on any atom is -0.398 e. The average Bonchev–Trinajstić information content (AvgIpc) is 2.27. The Morgan fingerprint density at radius 1 is 1.50 bits per heavy atom. The number of nitrogens with zero attached hydrogens (tertiary/aromatic N) is 1. The van der Waals surface area contributed by atoms with Gasteiger partial charge in [-0.25, -0.2) is 8.42 Å². The smallest absolute Gasteiger partial charge is 0.245 e. The van der Waals surface area contributed by atoms with Crippen molar-refractivity contribution in [1.29, 1.82) is 0 Å². The molecule has 0 aliphatic heterocycles. The summed E-state index contributed by atoms with van der Waals surface area (Å²) in [7, 11) is -0.624. The first kappa shape index (κ1) is 15.2. The molecule has 0 aromatic heterocycles. The highest BCUT2D eigenvalue weighted by atomic mass is 35.5. The molecule has 102 valence electrons. The number of hydrogen-bond donors (Lipinski definition) is 1. The molecule has 0 bridgehead atoms. The van der Waals surface area contributed by atoms with E-state index in [1.807, 2.05) is 0 Å². The number of sulfonamides is 1. The Kier molecular flexibility index (Phi) is 4.98. The number of halogens is 1. The van der Waals surface area contributed by atoms with E-state index in [-0.39, 0.29) is 16.6 Å². The highest BCUT2D eigenvalue weighted by Crippen LogP contribution is 2.25. The largest absolute Gasteiger partial charge is 0.398 e. The van der Waals surface area contributed by atoms with Crippen molar-refractivity contribution >= 4 is 27.3 Å². The highest BCUT2D eigenvalue weighted by molar-refractivity contribution is 7.89. The third-order valence-corrected chi connectivity index (χ3v) is 4.94. The van der Waals surface area contributed by atoms with Crippen molar-refractivity contribution in [2.24, 2.45) is 0 Å². The third-order valence-electron chi connectivity index (χ3n) is 2.66. The third kappa shape index (κ3) is 3.14. The number of likely N-dealkylation sites (N-methyl/N-ethyl adjacent to an activating group) is 1. The quantitative estimate of drug-likeness (QED) is 0.836. The summed E-state index contributed by atoms with van der Waals surface area (Å²) < 4.78 is 30.8. The van der Waals surface area contributed by atoms with Gasteiger partial charge in [-0.15, -0.1) is 0 Å². The Morgan fingerprint density at radius 2 is 2.11 bits per heavy atom. The van der Waals surface area contributed by atoms with Crippen LogP contribution in [0.4, 0.5) is 5.69 Å². The predicted octanol–water partition coefficient (Wildman–Crippen LogP) is 1.58. The van der Waals surface area contributed by atoms with Gasteiger partial charge in [0, 0.05) is 25.2 Å². The van der Waals surface area contributed by atoms with E-state index < -0.39 is 10.0 Å². The molecule has 1 unspecified atom stereocenters. The minimum atomic E-state index is -3.64. The van der Waals surface area contributed by atoms with Crippen LogP contribution < -0.4 is 5.73 Å². The molecule has 0 heterocycles. The molecule has 1 rings (SSSR count). The molecule has 0 saturated carbocycles. The average molecular weight is 293 g/mol. The highest BCUT2D eigenvalue weighted by Gasteiger charge is 2.27. The van der Waals surface area contributed by atoms with Crippen LogP contribution in [0.1, 0.15) is 6.92 Å². The lowest BCUT2D eigenvalue weighted by Crippen LogP contribution is -2.38. The Bertz CT molecular complexity index is 519. The number of benzene rings is 1. The molecule has 0 radical (unpaired) electrons. The van der Waals surface area contributed by atoms with Gasteiger partial charge in [0.15, 0.2) is 0 Å². The van der Waals surface area contributed by atoms with Gasteiger partial charge in [-0.3, -0.25) is 0 Å². The van der Waals surface area contributed by atoms with E-state index in [0.29, 0.717) is 11.6 Å². The van der Waals surface area contributed by atoms with Crippen molar-refractivity contribution in [1.82, 2.24) is 4.31 Å². The first-order valence-electron chi connectivity index (χ1n) is 5.32. The molecule has 0 aliphatic rings. The Hall–Kier alpha value is -0.820. The molecule has 1 aromatic carbocycles. The zero-order valence-electron chi connectivity index (χ0n) is 10.6. The van der Waals surface area contributed by atoms with Crippen LogP contribution in [0.15, 0.2) is 23.1 Å². The normalized spacial score (nSPS) is 13.8. The number of nitrogens with two attached hydrogens (primary N) is 1. The lowest BCUT2D eigenvalue weighted by molar-refractivity contribution is 0.149. The van der Waals surface area contributed by atoms with Gasteiger partial charge >= 0.3 is 0 Å². The Balaban J connectivity index is 3.13. The van der Waals surface area contributed by atoms with E-state index in [2.05, 4.69) is 0 Å². The van der Waals surface area contributed by atoms with Crippen LogP contribution in [-0.2, 0) is 14.8 Å². The molecule has 2 N–H and O–H groups in total. The SMILES string of the molecule is COCC(C)N(C)S(=O)(=O)c1ccc(Cl)cc1N. The van der Waals surface area contributed by atoms with E-state index in [4.69, 9.17) is 22.1 Å². The summed E-state index contributed by atoms with van der Waals surface area (Å²) >= 11 is 5.75. The summed E-state index contributed by atoms with van der Waals surface area (Å²) in [5.41, 5.74) is 5.84. The van der Waals surface area contributed by atoms with Gasteiger partial charge < -0.3 is 10.5 Å². The number of rotatable bonds is 5. The van der Waals surface area contributed by atoms with Crippen molar-refractivity contribution in [3.63, 3.8) is 0 Å². The predicted molar refractivity (Wildman–Crippen MR) is 72.2 cm³/mol. The maximum absolute atomic E-state index is 12.3.